The number of hydrogen-bond acceptors (Lipinski definition) is 4. The molecule has 1 aromatic heterocycles. The standard InChI is InChI=1S/C26H24N2O2S/c1-18-8-13-23(14-19(18)2)30-16-25(29)27-15-20-9-11-22(12-10-20)26-28-24(17-31-26)21-6-4-3-5-7-21/h3-14,17H,15-16H2,1-2H3,(H,27,29). The van der Waals surface area contributed by atoms with Crippen LogP contribution in [0, 0.1) is 13.8 Å². The van der Waals surface area contributed by atoms with Gasteiger partial charge in [-0.3, -0.25) is 4.79 Å². The van der Waals surface area contributed by atoms with Gasteiger partial charge in [-0.25, -0.2) is 4.98 Å². The third-order valence-corrected chi connectivity index (χ3v) is 6.00. The Bertz CT molecular complexity index is 1170. The van der Waals surface area contributed by atoms with E-state index >= 15 is 0 Å². The van der Waals surface area contributed by atoms with Crippen molar-refractivity contribution in [1.29, 1.82) is 0 Å². The molecule has 1 N–H and O–H groups in total. The minimum Gasteiger partial charge on any atom is -0.484 e. The van der Waals surface area contributed by atoms with E-state index in [-0.39, 0.29) is 12.5 Å². The molecular weight excluding hydrogens is 404 g/mol. The highest BCUT2D eigenvalue weighted by molar-refractivity contribution is 7.13. The lowest BCUT2D eigenvalue weighted by Crippen LogP contribution is -2.28. The molecular formula is C26H24N2O2S. The summed E-state index contributed by atoms with van der Waals surface area (Å²) in [6.07, 6.45) is 0. The molecule has 0 aliphatic rings. The Morgan fingerprint density at radius 2 is 1.71 bits per heavy atom. The van der Waals surface area contributed by atoms with Gasteiger partial charge in [0.2, 0.25) is 0 Å². The molecule has 0 atom stereocenters. The van der Waals surface area contributed by atoms with Crippen LogP contribution in [0.25, 0.3) is 21.8 Å². The Balaban J connectivity index is 1.30. The number of aromatic nitrogens is 1. The number of nitrogens with zero attached hydrogens (tertiary/aromatic N) is 1. The van der Waals surface area contributed by atoms with E-state index in [0.29, 0.717) is 12.3 Å². The van der Waals surface area contributed by atoms with Crippen molar-refractivity contribution in [3.05, 3.63) is 94.9 Å². The zero-order chi connectivity index (χ0) is 21.6. The minimum absolute atomic E-state index is 0.00195. The second-order valence-corrected chi connectivity index (χ2v) is 8.27. The first kappa shape index (κ1) is 20.8. The van der Waals surface area contributed by atoms with Gasteiger partial charge in [-0.2, -0.15) is 0 Å². The number of hydrogen-bond donors (Lipinski definition) is 1. The van der Waals surface area contributed by atoms with Crippen LogP contribution in [0.4, 0.5) is 0 Å². The van der Waals surface area contributed by atoms with Crippen LogP contribution in [-0.4, -0.2) is 17.5 Å². The third-order valence-electron chi connectivity index (χ3n) is 5.11. The van der Waals surface area contributed by atoms with Gasteiger partial charge in [-0.15, -0.1) is 11.3 Å². The van der Waals surface area contributed by atoms with Crippen molar-refractivity contribution in [3.8, 4) is 27.6 Å². The van der Waals surface area contributed by atoms with E-state index in [9.17, 15) is 4.79 Å². The molecule has 3 aromatic carbocycles. The number of carbonyl (C=O) groups excluding carboxylic acids is 1. The molecule has 5 heteroatoms. The maximum atomic E-state index is 12.1. The summed E-state index contributed by atoms with van der Waals surface area (Å²) in [6, 6.07) is 24.1. The maximum Gasteiger partial charge on any atom is 0.258 e. The Labute approximate surface area is 186 Å². The number of thiazole rings is 1. The number of aryl methyl sites for hydroxylation is 2. The molecule has 0 saturated heterocycles. The maximum absolute atomic E-state index is 12.1. The Morgan fingerprint density at radius 3 is 2.45 bits per heavy atom. The highest BCUT2D eigenvalue weighted by atomic mass is 32.1. The van der Waals surface area contributed by atoms with Crippen molar-refractivity contribution in [2.24, 2.45) is 0 Å². The van der Waals surface area contributed by atoms with Gasteiger partial charge in [0.15, 0.2) is 6.61 Å². The van der Waals surface area contributed by atoms with Crippen LogP contribution >= 0.6 is 11.3 Å². The van der Waals surface area contributed by atoms with Gasteiger partial charge in [0.25, 0.3) is 5.91 Å². The van der Waals surface area contributed by atoms with Crippen molar-refractivity contribution < 1.29 is 9.53 Å². The van der Waals surface area contributed by atoms with Gasteiger partial charge in [0, 0.05) is 23.1 Å². The van der Waals surface area contributed by atoms with Crippen LogP contribution in [0.2, 0.25) is 0 Å². The van der Waals surface area contributed by atoms with Crippen molar-refractivity contribution in [3.63, 3.8) is 0 Å². The highest BCUT2D eigenvalue weighted by Gasteiger charge is 2.08. The van der Waals surface area contributed by atoms with Gasteiger partial charge in [-0.1, -0.05) is 60.7 Å². The van der Waals surface area contributed by atoms with Gasteiger partial charge in [0.1, 0.15) is 10.8 Å². The molecule has 1 amide bonds. The number of amides is 1. The predicted octanol–water partition coefficient (Wildman–Crippen LogP) is 5.79. The average Bonchev–Trinajstić information content (AvgIpc) is 3.30. The molecule has 31 heavy (non-hydrogen) atoms. The van der Waals surface area contributed by atoms with Crippen molar-refractivity contribution in [2.45, 2.75) is 20.4 Å². The molecule has 0 aliphatic heterocycles. The van der Waals surface area contributed by atoms with Crippen LogP contribution in [0.5, 0.6) is 5.75 Å². The van der Waals surface area contributed by atoms with E-state index in [2.05, 4.69) is 22.8 Å². The zero-order valence-electron chi connectivity index (χ0n) is 17.6. The Morgan fingerprint density at radius 1 is 0.935 bits per heavy atom. The summed E-state index contributed by atoms with van der Waals surface area (Å²) in [7, 11) is 0. The van der Waals surface area contributed by atoms with E-state index in [4.69, 9.17) is 9.72 Å². The largest absolute Gasteiger partial charge is 0.484 e. The normalized spacial score (nSPS) is 10.6. The fraction of sp³-hybridized carbons (Fsp3) is 0.154. The minimum atomic E-state index is -0.144. The molecule has 156 valence electrons. The number of rotatable bonds is 7. The fourth-order valence-electron chi connectivity index (χ4n) is 3.12. The van der Waals surface area contributed by atoms with E-state index in [1.807, 2.05) is 74.5 Å². The number of benzene rings is 3. The Kier molecular flexibility index (Phi) is 6.43. The average molecular weight is 429 g/mol. The van der Waals surface area contributed by atoms with Crippen LogP contribution in [0.3, 0.4) is 0 Å². The number of carbonyl (C=O) groups is 1. The molecule has 1 heterocycles. The number of ether oxygens (including phenoxy) is 1. The quantitative estimate of drug-likeness (QED) is 0.405. The van der Waals surface area contributed by atoms with Crippen LogP contribution < -0.4 is 10.1 Å². The first-order valence-electron chi connectivity index (χ1n) is 10.2. The zero-order valence-corrected chi connectivity index (χ0v) is 18.4. The second-order valence-electron chi connectivity index (χ2n) is 7.41. The topological polar surface area (TPSA) is 51.2 Å². The Hall–Kier alpha value is -3.44. The summed E-state index contributed by atoms with van der Waals surface area (Å²) in [5, 5.41) is 5.96. The second kappa shape index (κ2) is 9.58. The van der Waals surface area contributed by atoms with E-state index in [1.165, 1.54) is 5.56 Å². The molecule has 0 unspecified atom stereocenters. The summed E-state index contributed by atoms with van der Waals surface area (Å²) in [6.45, 7) is 4.54. The lowest BCUT2D eigenvalue weighted by molar-refractivity contribution is -0.123. The first-order valence-corrected chi connectivity index (χ1v) is 11.0. The highest BCUT2D eigenvalue weighted by Crippen LogP contribution is 2.28. The van der Waals surface area contributed by atoms with Crippen molar-refractivity contribution in [1.82, 2.24) is 10.3 Å². The fourth-order valence-corrected chi connectivity index (χ4v) is 3.95. The smallest absolute Gasteiger partial charge is 0.258 e. The summed E-state index contributed by atoms with van der Waals surface area (Å²) >= 11 is 1.63. The van der Waals surface area contributed by atoms with E-state index < -0.39 is 0 Å². The monoisotopic (exact) mass is 428 g/mol. The lowest BCUT2D eigenvalue weighted by Gasteiger charge is -2.09. The molecule has 4 rings (SSSR count). The molecule has 0 bridgehead atoms. The predicted molar refractivity (Wildman–Crippen MR) is 126 cm³/mol. The van der Waals surface area contributed by atoms with E-state index in [0.717, 1.165) is 33.0 Å². The van der Waals surface area contributed by atoms with Crippen LogP contribution in [0.15, 0.2) is 78.2 Å². The van der Waals surface area contributed by atoms with Crippen molar-refractivity contribution >= 4 is 17.2 Å². The van der Waals surface area contributed by atoms with E-state index in [1.54, 1.807) is 11.3 Å². The van der Waals surface area contributed by atoms with Gasteiger partial charge < -0.3 is 10.1 Å². The molecule has 4 nitrogen and oxygen atoms in total. The third kappa shape index (κ3) is 5.38. The van der Waals surface area contributed by atoms with Crippen LogP contribution in [0.1, 0.15) is 16.7 Å². The van der Waals surface area contributed by atoms with Gasteiger partial charge in [0.05, 0.1) is 5.69 Å². The molecule has 0 spiro atoms. The molecule has 0 saturated carbocycles. The SMILES string of the molecule is Cc1ccc(OCC(=O)NCc2ccc(-c3nc(-c4ccccc4)cs3)cc2)cc1C. The summed E-state index contributed by atoms with van der Waals surface area (Å²) in [5.41, 5.74) is 6.56. The lowest BCUT2D eigenvalue weighted by atomic mass is 10.1. The summed E-state index contributed by atoms with van der Waals surface area (Å²) in [4.78, 5) is 16.9. The summed E-state index contributed by atoms with van der Waals surface area (Å²) < 4.78 is 5.59. The first-order chi connectivity index (χ1) is 15.1. The molecule has 0 radical (unpaired) electrons. The van der Waals surface area contributed by atoms with Gasteiger partial charge >= 0.3 is 0 Å². The van der Waals surface area contributed by atoms with Crippen molar-refractivity contribution in [2.75, 3.05) is 6.61 Å². The van der Waals surface area contributed by atoms with Gasteiger partial charge in [-0.05, 0) is 42.7 Å². The molecule has 0 fully saturated rings. The molecule has 4 aromatic rings. The summed E-state index contributed by atoms with van der Waals surface area (Å²) in [5.74, 6) is 0.565. The van der Waals surface area contributed by atoms with Crippen LogP contribution in [-0.2, 0) is 11.3 Å². The molecule has 0 aliphatic carbocycles. The number of nitrogens with one attached hydrogen (secondary N) is 1.